The van der Waals surface area contributed by atoms with E-state index in [9.17, 15) is 0 Å². The van der Waals surface area contributed by atoms with Crippen LogP contribution in [0.1, 0.15) is 36.5 Å². The largest absolute Gasteiger partial charge is 0.375 e. The van der Waals surface area contributed by atoms with E-state index < -0.39 is 0 Å². The molecule has 0 aromatic heterocycles. The Morgan fingerprint density at radius 3 is 2.29 bits per heavy atom. The van der Waals surface area contributed by atoms with E-state index in [-0.39, 0.29) is 0 Å². The van der Waals surface area contributed by atoms with Crippen LogP contribution in [0.2, 0.25) is 0 Å². The van der Waals surface area contributed by atoms with Gasteiger partial charge < -0.3 is 10.1 Å². The van der Waals surface area contributed by atoms with Crippen molar-refractivity contribution in [3.8, 4) is 0 Å². The van der Waals surface area contributed by atoms with E-state index in [1.54, 1.807) is 0 Å². The lowest BCUT2D eigenvalue weighted by molar-refractivity contribution is 0.122. The van der Waals surface area contributed by atoms with Gasteiger partial charge in [-0.1, -0.05) is 68.4 Å². The van der Waals surface area contributed by atoms with E-state index in [0.717, 1.165) is 19.7 Å². The predicted molar refractivity (Wildman–Crippen MR) is 88.3 cm³/mol. The molecule has 0 aliphatic rings. The minimum Gasteiger partial charge on any atom is -0.375 e. The summed E-state index contributed by atoms with van der Waals surface area (Å²) in [6.45, 7) is 7.62. The normalized spacial score (nSPS) is 11.0. The molecule has 0 saturated carbocycles. The van der Waals surface area contributed by atoms with Crippen molar-refractivity contribution >= 4 is 0 Å². The summed E-state index contributed by atoms with van der Waals surface area (Å²) in [5, 5.41) is 3.39. The first-order valence-electron chi connectivity index (χ1n) is 7.67. The van der Waals surface area contributed by atoms with Crippen LogP contribution in [-0.4, -0.2) is 13.2 Å². The predicted octanol–water partition coefficient (Wildman–Crippen LogP) is 4.12. The molecule has 0 saturated heterocycles. The molecule has 0 heterocycles. The van der Waals surface area contributed by atoms with Gasteiger partial charge in [-0.05, 0) is 22.6 Å². The van der Waals surface area contributed by atoms with Gasteiger partial charge in [-0.3, -0.25) is 0 Å². The molecule has 0 amide bonds. The minimum atomic E-state index is 0.585. The third-order valence-electron chi connectivity index (χ3n) is 3.51. The van der Waals surface area contributed by atoms with Crippen LogP contribution < -0.4 is 5.32 Å². The fraction of sp³-hybridized carbons (Fsp3) is 0.368. The first kappa shape index (κ1) is 15.7. The zero-order chi connectivity index (χ0) is 14.9. The Balaban J connectivity index is 1.59. The maximum atomic E-state index is 5.70. The van der Waals surface area contributed by atoms with Crippen LogP contribution in [0.15, 0.2) is 54.6 Å². The highest BCUT2D eigenvalue weighted by Gasteiger charge is 1.99. The van der Waals surface area contributed by atoms with E-state index in [1.807, 2.05) is 6.07 Å². The molecule has 0 radical (unpaired) electrons. The molecule has 0 bridgehead atoms. The number of ether oxygens (including phenoxy) is 1. The Bertz CT molecular complexity index is 505. The van der Waals surface area contributed by atoms with E-state index in [2.05, 4.69) is 67.7 Å². The van der Waals surface area contributed by atoms with E-state index >= 15 is 0 Å². The average molecular weight is 283 g/mol. The summed E-state index contributed by atoms with van der Waals surface area (Å²) < 4.78 is 5.70. The molecule has 0 spiro atoms. The molecular weight excluding hydrogens is 258 g/mol. The molecule has 2 aromatic carbocycles. The van der Waals surface area contributed by atoms with Crippen LogP contribution in [0.4, 0.5) is 0 Å². The van der Waals surface area contributed by atoms with Crippen molar-refractivity contribution in [1.29, 1.82) is 0 Å². The van der Waals surface area contributed by atoms with Crippen LogP contribution in [-0.2, 0) is 17.9 Å². The van der Waals surface area contributed by atoms with Crippen LogP contribution in [0.5, 0.6) is 0 Å². The van der Waals surface area contributed by atoms with Crippen molar-refractivity contribution in [3.63, 3.8) is 0 Å². The number of hydrogen-bond acceptors (Lipinski definition) is 2. The maximum absolute atomic E-state index is 5.70. The van der Waals surface area contributed by atoms with Crippen LogP contribution >= 0.6 is 0 Å². The quantitative estimate of drug-likeness (QED) is 0.736. The molecule has 0 aliphatic heterocycles. The summed E-state index contributed by atoms with van der Waals surface area (Å²) in [6.07, 6.45) is 0. The molecule has 2 rings (SSSR count). The number of rotatable bonds is 8. The minimum absolute atomic E-state index is 0.585. The molecule has 2 nitrogen and oxygen atoms in total. The fourth-order valence-corrected chi connectivity index (χ4v) is 2.16. The van der Waals surface area contributed by atoms with Crippen molar-refractivity contribution in [2.45, 2.75) is 32.9 Å². The number of nitrogens with one attached hydrogen (secondary N) is 1. The smallest absolute Gasteiger partial charge is 0.0717 e. The van der Waals surface area contributed by atoms with E-state index in [4.69, 9.17) is 4.74 Å². The molecular formula is C19H25NO. The Labute approximate surface area is 128 Å². The Kier molecular flexibility index (Phi) is 6.45. The third-order valence-corrected chi connectivity index (χ3v) is 3.51. The van der Waals surface area contributed by atoms with Crippen LogP contribution in [0, 0.1) is 0 Å². The van der Waals surface area contributed by atoms with Gasteiger partial charge in [-0.2, -0.15) is 0 Å². The highest BCUT2D eigenvalue weighted by atomic mass is 16.5. The van der Waals surface area contributed by atoms with Crippen LogP contribution in [0.3, 0.4) is 0 Å². The van der Waals surface area contributed by atoms with Gasteiger partial charge in [-0.25, -0.2) is 0 Å². The van der Waals surface area contributed by atoms with Gasteiger partial charge in [0, 0.05) is 13.1 Å². The van der Waals surface area contributed by atoms with Gasteiger partial charge in [-0.15, -0.1) is 0 Å². The lowest BCUT2D eigenvalue weighted by Gasteiger charge is -2.08. The number of hydrogen-bond donors (Lipinski definition) is 1. The van der Waals surface area contributed by atoms with Gasteiger partial charge >= 0.3 is 0 Å². The van der Waals surface area contributed by atoms with Gasteiger partial charge in [0.25, 0.3) is 0 Å². The molecule has 2 heteroatoms. The molecule has 1 N–H and O–H groups in total. The standard InChI is InChI=1S/C19H25NO/c1-16(2)19-10-8-18(9-11-19)15-21-13-12-20-14-17-6-4-3-5-7-17/h3-11,16,20H,12-15H2,1-2H3. The van der Waals surface area contributed by atoms with Crippen molar-refractivity contribution in [2.24, 2.45) is 0 Å². The lowest BCUT2D eigenvalue weighted by Crippen LogP contribution is -2.19. The first-order chi connectivity index (χ1) is 10.3. The van der Waals surface area contributed by atoms with Crippen molar-refractivity contribution in [1.82, 2.24) is 5.32 Å². The molecule has 0 aliphatic carbocycles. The van der Waals surface area contributed by atoms with Gasteiger partial charge in [0.2, 0.25) is 0 Å². The highest BCUT2D eigenvalue weighted by molar-refractivity contribution is 5.24. The van der Waals surface area contributed by atoms with Crippen molar-refractivity contribution in [2.75, 3.05) is 13.2 Å². The Morgan fingerprint density at radius 1 is 0.905 bits per heavy atom. The van der Waals surface area contributed by atoms with E-state index in [0.29, 0.717) is 12.5 Å². The average Bonchev–Trinajstić information content (AvgIpc) is 2.52. The molecule has 0 unspecified atom stereocenters. The van der Waals surface area contributed by atoms with Gasteiger partial charge in [0.15, 0.2) is 0 Å². The van der Waals surface area contributed by atoms with Crippen LogP contribution in [0.25, 0.3) is 0 Å². The molecule has 0 atom stereocenters. The SMILES string of the molecule is CC(C)c1ccc(COCCNCc2ccccc2)cc1. The first-order valence-corrected chi connectivity index (χ1v) is 7.67. The highest BCUT2D eigenvalue weighted by Crippen LogP contribution is 2.14. The van der Waals surface area contributed by atoms with Crippen molar-refractivity contribution in [3.05, 3.63) is 71.3 Å². The number of benzene rings is 2. The summed E-state index contributed by atoms with van der Waals surface area (Å²) in [7, 11) is 0. The second kappa shape index (κ2) is 8.60. The topological polar surface area (TPSA) is 21.3 Å². The Morgan fingerprint density at radius 2 is 1.62 bits per heavy atom. The van der Waals surface area contributed by atoms with Gasteiger partial charge in [0.05, 0.1) is 13.2 Å². The molecule has 21 heavy (non-hydrogen) atoms. The summed E-state index contributed by atoms with van der Waals surface area (Å²) in [4.78, 5) is 0. The maximum Gasteiger partial charge on any atom is 0.0717 e. The monoisotopic (exact) mass is 283 g/mol. The molecule has 0 fully saturated rings. The summed E-state index contributed by atoms with van der Waals surface area (Å²) in [6, 6.07) is 19.1. The second-order valence-corrected chi connectivity index (χ2v) is 5.61. The Hall–Kier alpha value is -1.64. The fourth-order valence-electron chi connectivity index (χ4n) is 2.16. The lowest BCUT2D eigenvalue weighted by atomic mass is 10.0. The van der Waals surface area contributed by atoms with Gasteiger partial charge in [0.1, 0.15) is 0 Å². The summed E-state index contributed by atoms with van der Waals surface area (Å²) >= 11 is 0. The summed E-state index contributed by atoms with van der Waals surface area (Å²) in [5.41, 5.74) is 3.92. The van der Waals surface area contributed by atoms with E-state index in [1.165, 1.54) is 16.7 Å². The third kappa shape index (κ3) is 5.70. The molecule has 112 valence electrons. The molecule has 2 aromatic rings. The summed E-state index contributed by atoms with van der Waals surface area (Å²) in [5.74, 6) is 0.585. The zero-order valence-corrected chi connectivity index (χ0v) is 13.0. The second-order valence-electron chi connectivity index (χ2n) is 5.61. The zero-order valence-electron chi connectivity index (χ0n) is 13.0. The van der Waals surface area contributed by atoms with Crippen molar-refractivity contribution < 1.29 is 4.74 Å².